The third-order valence-corrected chi connectivity index (χ3v) is 4.03. The van der Waals surface area contributed by atoms with E-state index in [1.54, 1.807) is 36.3 Å². The number of nitrogens with one attached hydrogen (secondary N) is 1. The fraction of sp³-hybridized carbons (Fsp3) is 0.263. The van der Waals surface area contributed by atoms with E-state index in [0.29, 0.717) is 30.8 Å². The maximum absolute atomic E-state index is 12.2. The third-order valence-electron chi connectivity index (χ3n) is 4.03. The van der Waals surface area contributed by atoms with Crippen molar-refractivity contribution in [2.45, 2.75) is 12.5 Å². The largest absolute Gasteiger partial charge is 0.497 e. The molecule has 6 heteroatoms. The molecule has 2 aromatic rings. The highest BCUT2D eigenvalue weighted by Gasteiger charge is 2.31. The lowest BCUT2D eigenvalue weighted by molar-refractivity contribution is 0.0944. The van der Waals surface area contributed by atoms with Gasteiger partial charge in [-0.3, -0.25) is 9.69 Å². The lowest BCUT2D eigenvalue weighted by Gasteiger charge is -2.12. The Morgan fingerprint density at radius 1 is 1.24 bits per heavy atom. The minimum Gasteiger partial charge on any atom is -0.497 e. The molecule has 25 heavy (non-hydrogen) atoms. The molecule has 1 aliphatic heterocycles. The van der Waals surface area contributed by atoms with E-state index in [4.69, 9.17) is 9.47 Å². The van der Waals surface area contributed by atoms with Crippen molar-refractivity contribution in [2.75, 3.05) is 25.1 Å². The number of nitrogens with zero attached hydrogens (tertiary/aromatic N) is 1. The minimum atomic E-state index is -0.352. The monoisotopic (exact) mass is 340 g/mol. The molecule has 1 aliphatic rings. The van der Waals surface area contributed by atoms with E-state index in [9.17, 15) is 9.59 Å². The Balaban J connectivity index is 1.49. The Hall–Kier alpha value is -3.02. The van der Waals surface area contributed by atoms with Gasteiger partial charge in [0.15, 0.2) is 0 Å². The van der Waals surface area contributed by atoms with Crippen LogP contribution in [0, 0.1) is 0 Å². The van der Waals surface area contributed by atoms with Gasteiger partial charge < -0.3 is 14.8 Å². The fourth-order valence-electron chi connectivity index (χ4n) is 2.70. The molecule has 2 aromatic carbocycles. The Bertz CT molecular complexity index is 748. The highest BCUT2D eigenvalue weighted by molar-refractivity contribution is 5.94. The maximum Gasteiger partial charge on any atom is 0.414 e. The number of cyclic esters (lactones) is 1. The first-order valence-corrected chi connectivity index (χ1v) is 8.13. The number of rotatable bonds is 6. The van der Waals surface area contributed by atoms with E-state index in [2.05, 4.69) is 5.32 Å². The van der Waals surface area contributed by atoms with Gasteiger partial charge in [-0.05, 0) is 30.3 Å². The van der Waals surface area contributed by atoms with Crippen molar-refractivity contribution in [2.24, 2.45) is 0 Å². The van der Waals surface area contributed by atoms with Crippen molar-refractivity contribution in [3.05, 3.63) is 60.2 Å². The second kappa shape index (κ2) is 7.70. The van der Waals surface area contributed by atoms with Crippen LogP contribution in [-0.4, -0.2) is 38.3 Å². The predicted octanol–water partition coefficient (Wildman–Crippen LogP) is 2.84. The number of ether oxygens (including phenoxy) is 2. The van der Waals surface area contributed by atoms with Crippen LogP contribution in [0.15, 0.2) is 54.6 Å². The van der Waals surface area contributed by atoms with E-state index in [1.165, 1.54) is 0 Å². The van der Waals surface area contributed by atoms with Gasteiger partial charge in [0, 0.05) is 24.2 Å². The van der Waals surface area contributed by atoms with Crippen LogP contribution in [0.4, 0.5) is 10.5 Å². The molecule has 0 saturated carbocycles. The molecule has 1 heterocycles. The molecule has 0 radical (unpaired) electrons. The van der Waals surface area contributed by atoms with Crippen molar-refractivity contribution in [1.29, 1.82) is 0 Å². The normalized spacial score (nSPS) is 16.4. The van der Waals surface area contributed by atoms with Crippen molar-refractivity contribution in [3.63, 3.8) is 0 Å². The van der Waals surface area contributed by atoms with E-state index in [-0.39, 0.29) is 18.1 Å². The smallest absolute Gasteiger partial charge is 0.414 e. The second-order valence-electron chi connectivity index (χ2n) is 5.73. The van der Waals surface area contributed by atoms with Gasteiger partial charge in [0.2, 0.25) is 0 Å². The third kappa shape index (κ3) is 4.09. The molecule has 0 aromatic heterocycles. The number of carbonyl (C=O) groups excluding carboxylic acids is 2. The summed E-state index contributed by atoms with van der Waals surface area (Å²) >= 11 is 0. The Morgan fingerprint density at radius 3 is 2.80 bits per heavy atom. The van der Waals surface area contributed by atoms with Crippen LogP contribution in [0.25, 0.3) is 0 Å². The summed E-state index contributed by atoms with van der Waals surface area (Å²) < 4.78 is 10.5. The van der Waals surface area contributed by atoms with Gasteiger partial charge in [0.05, 0.1) is 13.7 Å². The van der Waals surface area contributed by atoms with Crippen molar-refractivity contribution < 1.29 is 19.1 Å². The molecule has 1 saturated heterocycles. The zero-order valence-corrected chi connectivity index (χ0v) is 14.0. The summed E-state index contributed by atoms with van der Waals surface area (Å²) in [5.41, 5.74) is 1.35. The molecule has 1 atom stereocenters. The Kier molecular flexibility index (Phi) is 5.18. The molecular formula is C19H20N2O4. The van der Waals surface area contributed by atoms with E-state index >= 15 is 0 Å². The maximum atomic E-state index is 12.2. The lowest BCUT2D eigenvalue weighted by atomic mass is 10.2. The van der Waals surface area contributed by atoms with E-state index in [1.807, 2.05) is 30.3 Å². The number of methoxy groups -OCH3 is 1. The highest BCUT2D eigenvalue weighted by atomic mass is 16.6. The minimum absolute atomic E-state index is 0.178. The highest BCUT2D eigenvalue weighted by Crippen LogP contribution is 2.22. The molecule has 1 N–H and O–H groups in total. The summed E-state index contributed by atoms with van der Waals surface area (Å²) in [4.78, 5) is 25.7. The van der Waals surface area contributed by atoms with Crippen LogP contribution in [0.1, 0.15) is 16.8 Å². The number of anilines is 1. The molecule has 1 fully saturated rings. The van der Waals surface area contributed by atoms with Crippen LogP contribution < -0.4 is 15.0 Å². The quantitative estimate of drug-likeness (QED) is 0.878. The van der Waals surface area contributed by atoms with Gasteiger partial charge in [-0.2, -0.15) is 0 Å². The van der Waals surface area contributed by atoms with Crippen LogP contribution in [0.3, 0.4) is 0 Å². The molecule has 2 amide bonds. The van der Waals surface area contributed by atoms with Crippen LogP contribution in [0.2, 0.25) is 0 Å². The zero-order chi connectivity index (χ0) is 17.6. The van der Waals surface area contributed by atoms with E-state index in [0.717, 1.165) is 5.69 Å². The van der Waals surface area contributed by atoms with Crippen LogP contribution in [-0.2, 0) is 4.74 Å². The summed E-state index contributed by atoms with van der Waals surface area (Å²) in [6, 6.07) is 16.4. The van der Waals surface area contributed by atoms with Gasteiger partial charge in [-0.1, -0.05) is 24.3 Å². The van der Waals surface area contributed by atoms with Gasteiger partial charge in [0.25, 0.3) is 5.91 Å². The molecular weight excluding hydrogens is 320 g/mol. The predicted molar refractivity (Wildman–Crippen MR) is 94.0 cm³/mol. The number of hydrogen-bond acceptors (Lipinski definition) is 4. The summed E-state index contributed by atoms with van der Waals surface area (Å²) in [5.74, 6) is 0.457. The summed E-state index contributed by atoms with van der Waals surface area (Å²) in [7, 11) is 1.56. The first-order valence-electron chi connectivity index (χ1n) is 8.13. The number of para-hydroxylation sites is 1. The van der Waals surface area contributed by atoms with Crippen molar-refractivity contribution in [3.8, 4) is 5.75 Å². The van der Waals surface area contributed by atoms with Gasteiger partial charge in [0.1, 0.15) is 11.9 Å². The average Bonchev–Trinajstić information content (AvgIpc) is 3.03. The van der Waals surface area contributed by atoms with Gasteiger partial charge >= 0.3 is 6.09 Å². The van der Waals surface area contributed by atoms with Gasteiger partial charge in [-0.25, -0.2) is 4.79 Å². The lowest BCUT2D eigenvalue weighted by Crippen LogP contribution is -2.29. The second-order valence-corrected chi connectivity index (χ2v) is 5.73. The molecule has 0 spiro atoms. The van der Waals surface area contributed by atoms with Crippen molar-refractivity contribution in [1.82, 2.24) is 5.32 Å². The summed E-state index contributed by atoms with van der Waals surface area (Å²) in [5, 5.41) is 2.84. The average molecular weight is 340 g/mol. The molecule has 0 aliphatic carbocycles. The number of amides is 2. The van der Waals surface area contributed by atoms with Crippen LogP contribution in [0.5, 0.6) is 5.75 Å². The molecule has 0 bridgehead atoms. The van der Waals surface area contributed by atoms with Gasteiger partial charge in [-0.15, -0.1) is 0 Å². The standard InChI is InChI=1S/C19H20N2O4/c1-24-16-9-5-6-14(12-16)18(22)20-11-10-17-13-21(19(23)25-17)15-7-3-2-4-8-15/h2-9,12,17H,10-11,13H2,1H3,(H,20,22). The number of benzene rings is 2. The Labute approximate surface area is 146 Å². The molecule has 3 rings (SSSR count). The zero-order valence-electron chi connectivity index (χ0n) is 14.0. The number of carbonyl (C=O) groups is 2. The summed E-state index contributed by atoms with van der Waals surface area (Å²) in [6.07, 6.45) is -0.0289. The first-order chi connectivity index (χ1) is 12.2. The molecule has 1 unspecified atom stereocenters. The molecule has 6 nitrogen and oxygen atoms in total. The number of hydrogen-bond donors (Lipinski definition) is 1. The van der Waals surface area contributed by atoms with Crippen molar-refractivity contribution >= 4 is 17.7 Å². The Morgan fingerprint density at radius 2 is 2.04 bits per heavy atom. The van der Waals surface area contributed by atoms with E-state index < -0.39 is 0 Å². The molecule has 130 valence electrons. The summed E-state index contributed by atoms with van der Waals surface area (Å²) in [6.45, 7) is 0.911. The SMILES string of the molecule is COc1cccc(C(=O)NCCC2CN(c3ccccc3)C(=O)O2)c1. The van der Waals surface area contributed by atoms with Crippen LogP contribution >= 0.6 is 0 Å². The first kappa shape index (κ1) is 16.8. The topological polar surface area (TPSA) is 67.9 Å². The fourth-order valence-corrected chi connectivity index (χ4v) is 2.70.